The zero-order valence-corrected chi connectivity index (χ0v) is 7.85. The molecule has 3 rings (SSSR count). The quantitative estimate of drug-likeness (QED) is 0.674. The standard InChI is InChI=1S/C11H12FNO/c12-9-1-2-10-8(5-9)3-4-11(14-10)6-13-7-11/h1-2,5,13H,3-4,6-7H2. The third-order valence-electron chi connectivity index (χ3n) is 3.09. The van der Waals surface area contributed by atoms with Crippen molar-refractivity contribution >= 4 is 0 Å². The number of aryl methyl sites for hydroxylation is 1. The maximum absolute atomic E-state index is 12.9. The molecule has 1 N–H and O–H groups in total. The van der Waals surface area contributed by atoms with Gasteiger partial charge in [0.2, 0.25) is 0 Å². The molecule has 0 radical (unpaired) electrons. The average molecular weight is 193 g/mol. The van der Waals surface area contributed by atoms with Crippen molar-refractivity contribution in [1.29, 1.82) is 0 Å². The molecule has 0 unspecified atom stereocenters. The highest BCUT2D eigenvalue weighted by atomic mass is 19.1. The van der Waals surface area contributed by atoms with Crippen molar-refractivity contribution in [2.24, 2.45) is 0 Å². The zero-order valence-electron chi connectivity index (χ0n) is 7.85. The summed E-state index contributed by atoms with van der Waals surface area (Å²) in [6.07, 6.45) is 1.92. The lowest BCUT2D eigenvalue weighted by molar-refractivity contribution is -0.00245. The summed E-state index contributed by atoms with van der Waals surface area (Å²) in [4.78, 5) is 0. The molecule has 2 aliphatic heterocycles. The minimum atomic E-state index is -0.171. The Labute approximate surface area is 82.1 Å². The molecule has 74 valence electrons. The monoisotopic (exact) mass is 193 g/mol. The summed E-state index contributed by atoms with van der Waals surface area (Å²) in [5.74, 6) is 0.689. The predicted octanol–water partition coefficient (Wildman–Crippen LogP) is 1.49. The second-order valence-corrected chi connectivity index (χ2v) is 4.14. The fourth-order valence-corrected chi connectivity index (χ4v) is 2.14. The van der Waals surface area contributed by atoms with E-state index in [1.54, 1.807) is 12.1 Å². The van der Waals surface area contributed by atoms with E-state index in [1.807, 2.05) is 0 Å². The van der Waals surface area contributed by atoms with Crippen molar-refractivity contribution in [1.82, 2.24) is 5.32 Å². The van der Waals surface area contributed by atoms with Crippen LogP contribution in [0.2, 0.25) is 0 Å². The Kier molecular flexibility index (Phi) is 1.59. The van der Waals surface area contributed by atoms with Gasteiger partial charge in [-0.3, -0.25) is 0 Å². The van der Waals surface area contributed by atoms with Gasteiger partial charge in [-0.2, -0.15) is 0 Å². The SMILES string of the molecule is Fc1ccc2c(c1)CCC1(CNC1)O2. The summed E-state index contributed by atoms with van der Waals surface area (Å²) in [5.41, 5.74) is 1.01. The molecular weight excluding hydrogens is 181 g/mol. The largest absolute Gasteiger partial charge is 0.484 e. The van der Waals surface area contributed by atoms with Gasteiger partial charge in [-0.1, -0.05) is 0 Å². The first-order valence-electron chi connectivity index (χ1n) is 4.96. The van der Waals surface area contributed by atoms with Crippen LogP contribution in [0.3, 0.4) is 0 Å². The van der Waals surface area contributed by atoms with Gasteiger partial charge in [-0.05, 0) is 36.6 Å². The first-order valence-corrected chi connectivity index (χ1v) is 4.96. The molecule has 2 nitrogen and oxygen atoms in total. The maximum atomic E-state index is 12.9. The van der Waals surface area contributed by atoms with Crippen LogP contribution in [0.25, 0.3) is 0 Å². The van der Waals surface area contributed by atoms with Gasteiger partial charge in [0.05, 0.1) is 0 Å². The summed E-state index contributed by atoms with van der Waals surface area (Å²) in [7, 11) is 0. The predicted molar refractivity (Wildman–Crippen MR) is 50.9 cm³/mol. The summed E-state index contributed by atoms with van der Waals surface area (Å²) >= 11 is 0. The van der Waals surface area contributed by atoms with Gasteiger partial charge >= 0.3 is 0 Å². The van der Waals surface area contributed by atoms with E-state index in [2.05, 4.69) is 5.32 Å². The molecule has 14 heavy (non-hydrogen) atoms. The topological polar surface area (TPSA) is 21.3 Å². The molecule has 0 atom stereocenters. The highest BCUT2D eigenvalue weighted by molar-refractivity contribution is 5.37. The Morgan fingerprint density at radius 1 is 1.36 bits per heavy atom. The number of rotatable bonds is 0. The van der Waals surface area contributed by atoms with Gasteiger partial charge in [0, 0.05) is 13.1 Å². The van der Waals surface area contributed by atoms with Crippen molar-refractivity contribution < 1.29 is 9.13 Å². The highest BCUT2D eigenvalue weighted by Gasteiger charge is 2.41. The normalized spacial score (nSPS) is 22.4. The van der Waals surface area contributed by atoms with Crippen LogP contribution in [0.1, 0.15) is 12.0 Å². The lowest BCUT2D eigenvalue weighted by Crippen LogP contribution is -2.64. The van der Waals surface area contributed by atoms with Crippen LogP contribution in [-0.2, 0) is 6.42 Å². The maximum Gasteiger partial charge on any atom is 0.134 e. The lowest BCUT2D eigenvalue weighted by atomic mass is 9.86. The van der Waals surface area contributed by atoms with E-state index < -0.39 is 0 Å². The molecule has 1 aromatic rings. The van der Waals surface area contributed by atoms with Gasteiger partial charge in [-0.25, -0.2) is 4.39 Å². The second kappa shape index (κ2) is 2.70. The number of nitrogens with one attached hydrogen (secondary N) is 1. The number of benzene rings is 1. The van der Waals surface area contributed by atoms with Crippen molar-refractivity contribution in [2.45, 2.75) is 18.4 Å². The van der Waals surface area contributed by atoms with Crippen molar-refractivity contribution in [3.63, 3.8) is 0 Å². The Hall–Kier alpha value is -1.09. The van der Waals surface area contributed by atoms with Crippen LogP contribution in [0, 0.1) is 5.82 Å². The molecule has 1 spiro atoms. The first-order chi connectivity index (χ1) is 6.77. The highest BCUT2D eigenvalue weighted by Crippen LogP contribution is 2.35. The third kappa shape index (κ3) is 1.12. The molecule has 0 aromatic heterocycles. The second-order valence-electron chi connectivity index (χ2n) is 4.14. The van der Waals surface area contributed by atoms with E-state index >= 15 is 0 Å². The van der Waals surface area contributed by atoms with Gasteiger partial charge in [-0.15, -0.1) is 0 Å². The van der Waals surface area contributed by atoms with E-state index in [9.17, 15) is 4.39 Å². The van der Waals surface area contributed by atoms with E-state index in [0.29, 0.717) is 0 Å². The third-order valence-corrected chi connectivity index (χ3v) is 3.09. The van der Waals surface area contributed by atoms with Gasteiger partial charge in [0.1, 0.15) is 17.2 Å². The molecule has 3 heteroatoms. The summed E-state index contributed by atoms with van der Waals surface area (Å²) in [6, 6.07) is 4.78. The molecule has 1 aromatic carbocycles. The average Bonchev–Trinajstić information content (AvgIpc) is 2.15. The Balaban J connectivity index is 1.94. The van der Waals surface area contributed by atoms with Crippen LogP contribution < -0.4 is 10.1 Å². The van der Waals surface area contributed by atoms with E-state index in [0.717, 1.165) is 37.2 Å². The molecule has 2 aliphatic rings. The minimum Gasteiger partial charge on any atom is -0.484 e. The fourth-order valence-electron chi connectivity index (χ4n) is 2.14. The fraction of sp³-hybridized carbons (Fsp3) is 0.455. The molecule has 0 aliphatic carbocycles. The van der Waals surface area contributed by atoms with Gasteiger partial charge in [0.25, 0.3) is 0 Å². The Bertz CT molecular complexity index is 374. The van der Waals surface area contributed by atoms with Crippen LogP contribution in [-0.4, -0.2) is 18.7 Å². The van der Waals surface area contributed by atoms with Crippen molar-refractivity contribution in [3.05, 3.63) is 29.6 Å². The lowest BCUT2D eigenvalue weighted by Gasteiger charge is -2.45. The van der Waals surface area contributed by atoms with Crippen LogP contribution in [0.4, 0.5) is 4.39 Å². The number of fused-ring (bicyclic) bond motifs is 1. The number of hydrogen-bond donors (Lipinski definition) is 1. The number of ether oxygens (including phenoxy) is 1. The smallest absolute Gasteiger partial charge is 0.134 e. The number of hydrogen-bond acceptors (Lipinski definition) is 2. The number of halogens is 1. The van der Waals surface area contributed by atoms with E-state index in [1.165, 1.54) is 6.07 Å². The Morgan fingerprint density at radius 3 is 2.93 bits per heavy atom. The molecule has 2 heterocycles. The molecular formula is C11H12FNO. The molecule has 0 saturated carbocycles. The van der Waals surface area contributed by atoms with Crippen LogP contribution in [0.5, 0.6) is 5.75 Å². The first kappa shape index (κ1) is 8.24. The molecule has 0 bridgehead atoms. The van der Waals surface area contributed by atoms with Crippen LogP contribution in [0.15, 0.2) is 18.2 Å². The molecule has 1 saturated heterocycles. The Morgan fingerprint density at radius 2 is 2.21 bits per heavy atom. The van der Waals surface area contributed by atoms with E-state index in [-0.39, 0.29) is 11.4 Å². The van der Waals surface area contributed by atoms with Gasteiger partial charge in [0.15, 0.2) is 0 Å². The summed E-state index contributed by atoms with van der Waals surface area (Å²) < 4.78 is 18.8. The zero-order chi connectivity index (χ0) is 9.60. The van der Waals surface area contributed by atoms with Crippen LogP contribution >= 0.6 is 0 Å². The summed E-state index contributed by atoms with van der Waals surface area (Å²) in [6.45, 7) is 1.84. The van der Waals surface area contributed by atoms with E-state index in [4.69, 9.17) is 4.74 Å². The summed E-state index contributed by atoms with van der Waals surface area (Å²) in [5, 5.41) is 3.21. The van der Waals surface area contributed by atoms with Gasteiger partial charge < -0.3 is 10.1 Å². The van der Waals surface area contributed by atoms with Crippen molar-refractivity contribution in [2.75, 3.05) is 13.1 Å². The molecule has 0 amide bonds. The minimum absolute atomic E-state index is 0.00479. The molecule has 1 fully saturated rings. The van der Waals surface area contributed by atoms with Crippen molar-refractivity contribution in [3.8, 4) is 5.75 Å².